The van der Waals surface area contributed by atoms with Crippen LogP contribution < -0.4 is 4.57 Å². The first-order valence-electron chi connectivity index (χ1n) is 11.5. The summed E-state index contributed by atoms with van der Waals surface area (Å²) in [6.07, 6.45) is 11.2. The molecule has 3 aromatic rings. The lowest BCUT2D eigenvalue weighted by Gasteiger charge is -2.41. The number of hydrogen-bond acceptors (Lipinski definition) is 0. The van der Waals surface area contributed by atoms with Gasteiger partial charge < -0.3 is 0 Å². The summed E-state index contributed by atoms with van der Waals surface area (Å²) in [4.78, 5) is 0. The third-order valence-electron chi connectivity index (χ3n) is 7.98. The van der Waals surface area contributed by atoms with Crippen molar-refractivity contribution in [3.05, 3.63) is 64.2 Å². The Labute approximate surface area is 175 Å². The second-order valence-electron chi connectivity index (χ2n) is 9.95. The SMILES string of the molecule is Cc1cc(C)c(C)c(-c2ccc3cc4c(cc3[n+]2C)CC2(CCCCC2)CC4)c1. The number of benzene rings is 2. The summed E-state index contributed by atoms with van der Waals surface area (Å²) >= 11 is 0. The second kappa shape index (κ2) is 6.97. The molecule has 0 bridgehead atoms. The van der Waals surface area contributed by atoms with Gasteiger partial charge in [-0.05, 0) is 98.7 Å². The fourth-order valence-electron chi connectivity index (χ4n) is 6.12. The van der Waals surface area contributed by atoms with Gasteiger partial charge in [0.2, 0.25) is 11.2 Å². The van der Waals surface area contributed by atoms with Crippen molar-refractivity contribution in [2.24, 2.45) is 12.5 Å². The lowest BCUT2D eigenvalue weighted by Crippen LogP contribution is -2.34. The molecule has 29 heavy (non-hydrogen) atoms. The smallest absolute Gasteiger partial charge is 0.194 e. The van der Waals surface area contributed by atoms with Crippen molar-refractivity contribution in [3.63, 3.8) is 0 Å². The van der Waals surface area contributed by atoms with Gasteiger partial charge in [-0.15, -0.1) is 0 Å². The largest absolute Gasteiger partial charge is 0.213 e. The van der Waals surface area contributed by atoms with Gasteiger partial charge in [0, 0.05) is 23.1 Å². The van der Waals surface area contributed by atoms with Gasteiger partial charge >= 0.3 is 0 Å². The third-order valence-corrected chi connectivity index (χ3v) is 7.98. The van der Waals surface area contributed by atoms with Crippen LogP contribution >= 0.6 is 0 Å². The van der Waals surface area contributed by atoms with E-state index >= 15 is 0 Å². The minimum absolute atomic E-state index is 0.597. The lowest BCUT2D eigenvalue weighted by molar-refractivity contribution is -0.633. The molecule has 1 heteroatoms. The molecule has 1 fully saturated rings. The van der Waals surface area contributed by atoms with Crippen LogP contribution in [0.4, 0.5) is 0 Å². The molecule has 1 saturated carbocycles. The molecule has 0 amide bonds. The van der Waals surface area contributed by atoms with Crippen LogP contribution in [-0.2, 0) is 19.9 Å². The fraction of sp³-hybridized carbons (Fsp3) is 0.464. The molecule has 2 aliphatic carbocycles. The van der Waals surface area contributed by atoms with Gasteiger partial charge in [-0.2, -0.15) is 4.57 Å². The van der Waals surface area contributed by atoms with Crippen molar-refractivity contribution in [2.45, 2.75) is 72.1 Å². The molecule has 0 atom stereocenters. The Morgan fingerprint density at radius 2 is 1.62 bits per heavy atom. The molecule has 1 spiro atoms. The van der Waals surface area contributed by atoms with E-state index in [9.17, 15) is 0 Å². The number of aryl methyl sites for hydroxylation is 4. The van der Waals surface area contributed by atoms with Gasteiger partial charge in [0.1, 0.15) is 7.05 Å². The number of nitrogens with zero attached hydrogens (tertiary/aromatic N) is 1. The van der Waals surface area contributed by atoms with Crippen molar-refractivity contribution >= 4 is 10.9 Å². The predicted octanol–water partition coefficient (Wildman–Crippen LogP) is 6.70. The van der Waals surface area contributed by atoms with Crippen LogP contribution in [0.3, 0.4) is 0 Å². The van der Waals surface area contributed by atoms with Crippen molar-refractivity contribution in [1.29, 1.82) is 0 Å². The molecule has 1 aromatic heterocycles. The average molecular weight is 385 g/mol. The van der Waals surface area contributed by atoms with Gasteiger partial charge in [-0.3, -0.25) is 0 Å². The molecule has 0 unspecified atom stereocenters. The standard InChI is InChI=1S/C28H34N/c1-19-14-20(2)21(3)25(15-19)26-9-8-23-16-22-10-13-28(11-6-5-7-12-28)18-24(22)17-27(23)29(26)4/h8-9,14-17H,5-7,10-13,18H2,1-4H3/q+1. The molecule has 2 aromatic carbocycles. The summed E-state index contributed by atoms with van der Waals surface area (Å²) in [6.45, 7) is 6.69. The van der Waals surface area contributed by atoms with E-state index in [-0.39, 0.29) is 0 Å². The highest BCUT2D eigenvalue weighted by atomic mass is 14.9. The molecule has 5 rings (SSSR count). The summed E-state index contributed by atoms with van der Waals surface area (Å²) in [6, 6.07) is 14.3. The van der Waals surface area contributed by atoms with Gasteiger partial charge in [0.15, 0.2) is 0 Å². The Hall–Kier alpha value is -2.15. The number of pyridine rings is 1. The summed E-state index contributed by atoms with van der Waals surface area (Å²) in [5.74, 6) is 0. The fourth-order valence-corrected chi connectivity index (χ4v) is 6.12. The van der Waals surface area contributed by atoms with Gasteiger partial charge in [0.25, 0.3) is 0 Å². The number of fused-ring (bicyclic) bond motifs is 2. The van der Waals surface area contributed by atoms with E-state index in [0.717, 1.165) is 0 Å². The number of rotatable bonds is 1. The molecule has 0 saturated heterocycles. The Kier molecular flexibility index (Phi) is 4.53. The highest BCUT2D eigenvalue weighted by Crippen LogP contribution is 2.46. The van der Waals surface area contributed by atoms with E-state index in [0.29, 0.717) is 5.41 Å². The maximum Gasteiger partial charge on any atom is 0.213 e. The maximum absolute atomic E-state index is 2.53. The first-order chi connectivity index (χ1) is 14.0. The zero-order chi connectivity index (χ0) is 20.2. The summed E-state index contributed by atoms with van der Waals surface area (Å²) in [5.41, 5.74) is 12.0. The zero-order valence-corrected chi connectivity index (χ0v) is 18.6. The normalized spacial score (nSPS) is 18.2. The Bertz CT molecular complexity index is 1100. The number of hydrogen-bond donors (Lipinski definition) is 0. The minimum Gasteiger partial charge on any atom is -0.194 e. The van der Waals surface area contributed by atoms with E-state index in [4.69, 9.17) is 0 Å². The zero-order valence-electron chi connectivity index (χ0n) is 18.6. The first kappa shape index (κ1) is 18.9. The minimum atomic E-state index is 0.597. The Morgan fingerprint density at radius 1 is 0.828 bits per heavy atom. The van der Waals surface area contributed by atoms with E-state index in [2.05, 4.69) is 68.8 Å². The third kappa shape index (κ3) is 3.19. The molecule has 2 aliphatic rings. The predicted molar refractivity (Wildman–Crippen MR) is 122 cm³/mol. The van der Waals surface area contributed by atoms with Crippen LogP contribution in [0.1, 0.15) is 66.3 Å². The van der Waals surface area contributed by atoms with Crippen molar-refractivity contribution < 1.29 is 4.57 Å². The van der Waals surface area contributed by atoms with E-state index in [1.165, 1.54) is 90.2 Å². The van der Waals surface area contributed by atoms with Crippen LogP contribution in [0, 0.1) is 26.2 Å². The highest BCUT2D eigenvalue weighted by Gasteiger charge is 2.36. The Morgan fingerprint density at radius 3 is 2.41 bits per heavy atom. The van der Waals surface area contributed by atoms with Crippen LogP contribution in [0.15, 0.2) is 36.4 Å². The van der Waals surface area contributed by atoms with Gasteiger partial charge in [0.05, 0.1) is 0 Å². The maximum atomic E-state index is 2.53. The van der Waals surface area contributed by atoms with E-state index < -0.39 is 0 Å². The van der Waals surface area contributed by atoms with E-state index in [1.54, 1.807) is 11.1 Å². The van der Waals surface area contributed by atoms with Gasteiger partial charge in [-0.25, -0.2) is 0 Å². The quantitative estimate of drug-likeness (QED) is 0.411. The topological polar surface area (TPSA) is 3.88 Å². The van der Waals surface area contributed by atoms with Crippen LogP contribution in [0.25, 0.3) is 22.2 Å². The summed E-state index contributed by atoms with van der Waals surface area (Å²) in [7, 11) is 2.25. The molecular formula is C28H34N+. The van der Waals surface area contributed by atoms with Crippen LogP contribution in [-0.4, -0.2) is 0 Å². The van der Waals surface area contributed by atoms with Crippen molar-refractivity contribution in [2.75, 3.05) is 0 Å². The summed E-state index contributed by atoms with van der Waals surface area (Å²) < 4.78 is 2.43. The van der Waals surface area contributed by atoms with Gasteiger partial charge in [-0.1, -0.05) is 30.9 Å². The Balaban J connectivity index is 1.63. The van der Waals surface area contributed by atoms with Crippen LogP contribution in [0.5, 0.6) is 0 Å². The highest BCUT2D eigenvalue weighted by molar-refractivity contribution is 5.80. The monoisotopic (exact) mass is 384 g/mol. The number of aromatic nitrogens is 1. The van der Waals surface area contributed by atoms with E-state index in [1.807, 2.05) is 0 Å². The lowest BCUT2D eigenvalue weighted by atomic mass is 9.64. The molecule has 0 radical (unpaired) electrons. The molecule has 150 valence electrons. The average Bonchev–Trinajstić information content (AvgIpc) is 2.71. The molecular weight excluding hydrogens is 350 g/mol. The second-order valence-corrected chi connectivity index (χ2v) is 9.95. The first-order valence-corrected chi connectivity index (χ1v) is 11.5. The van der Waals surface area contributed by atoms with Crippen molar-refractivity contribution in [1.82, 2.24) is 0 Å². The molecule has 1 heterocycles. The molecule has 1 nitrogen and oxygen atoms in total. The van der Waals surface area contributed by atoms with Crippen molar-refractivity contribution in [3.8, 4) is 11.3 Å². The molecule has 0 N–H and O–H groups in total. The molecule has 0 aliphatic heterocycles. The van der Waals surface area contributed by atoms with Crippen LogP contribution in [0.2, 0.25) is 0 Å². The summed E-state index contributed by atoms with van der Waals surface area (Å²) in [5, 5.41) is 1.39.